The molecule has 1 rings (SSSR count). The van der Waals surface area contributed by atoms with E-state index in [2.05, 4.69) is 15.5 Å². The number of hydrogen-bond donors (Lipinski definition) is 1. The van der Waals surface area contributed by atoms with Crippen molar-refractivity contribution in [3.63, 3.8) is 0 Å². The predicted octanol–water partition coefficient (Wildman–Crippen LogP) is 0.978. The van der Waals surface area contributed by atoms with Crippen LogP contribution in [0.15, 0.2) is 0 Å². The Morgan fingerprint density at radius 1 is 1.60 bits per heavy atom. The maximum absolute atomic E-state index is 4.85. The van der Waals surface area contributed by atoms with Crippen molar-refractivity contribution < 1.29 is 4.74 Å². The molecule has 0 bridgehead atoms. The quantitative estimate of drug-likeness (QED) is 0.714. The molecule has 0 aliphatic rings. The van der Waals surface area contributed by atoms with Gasteiger partial charge in [-0.25, -0.2) is 0 Å². The fourth-order valence-corrected chi connectivity index (χ4v) is 1.14. The molecular formula is C5H9N3OS. The monoisotopic (exact) mass is 159 g/mol. The second kappa shape index (κ2) is 3.36. The highest BCUT2D eigenvalue weighted by molar-refractivity contribution is 7.16. The first-order valence-electron chi connectivity index (χ1n) is 2.98. The number of nitrogens with one attached hydrogen (secondary N) is 1. The van der Waals surface area contributed by atoms with Gasteiger partial charge in [0.2, 0.25) is 5.13 Å². The molecule has 10 heavy (non-hydrogen) atoms. The smallest absolute Gasteiger partial charge is 0.295 e. The molecule has 0 saturated heterocycles. The molecule has 0 unspecified atom stereocenters. The third kappa shape index (κ3) is 1.57. The highest BCUT2D eigenvalue weighted by Crippen LogP contribution is 2.20. The van der Waals surface area contributed by atoms with Gasteiger partial charge in [-0.3, -0.25) is 0 Å². The minimum absolute atomic E-state index is 0.593. The molecule has 0 fully saturated rings. The summed E-state index contributed by atoms with van der Waals surface area (Å²) in [6.45, 7) is 2.87. The largest absolute Gasteiger partial charge is 0.472 e. The Bertz CT molecular complexity index is 201. The fourth-order valence-electron chi connectivity index (χ4n) is 0.515. The molecule has 0 aliphatic carbocycles. The van der Waals surface area contributed by atoms with Gasteiger partial charge >= 0.3 is 0 Å². The average Bonchev–Trinajstić information content (AvgIpc) is 2.37. The molecule has 0 saturated carbocycles. The molecule has 1 heterocycles. The van der Waals surface area contributed by atoms with E-state index in [4.69, 9.17) is 4.74 Å². The SMILES string of the molecule is CCNc1nnc(OC)s1. The molecule has 1 aromatic heterocycles. The Hall–Kier alpha value is -0.840. The lowest BCUT2D eigenvalue weighted by molar-refractivity contribution is 0.407. The lowest BCUT2D eigenvalue weighted by Crippen LogP contribution is -1.94. The molecule has 1 N–H and O–H groups in total. The van der Waals surface area contributed by atoms with E-state index in [0.29, 0.717) is 5.19 Å². The average molecular weight is 159 g/mol. The van der Waals surface area contributed by atoms with Crippen LogP contribution in [0.3, 0.4) is 0 Å². The van der Waals surface area contributed by atoms with Crippen LogP contribution >= 0.6 is 11.3 Å². The standard InChI is InChI=1S/C5H9N3OS/c1-3-6-4-7-8-5(9-2)10-4/h3H2,1-2H3,(H,6,7). The number of aromatic nitrogens is 2. The van der Waals surface area contributed by atoms with Crippen molar-refractivity contribution in [3.8, 4) is 5.19 Å². The Balaban J connectivity index is 2.59. The summed E-state index contributed by atoms with van der Waals surface area (Å²) in [5, 5.41) is 12.0. The molecule has 4 nitrogen and oxygen atoms in total. The van der Waals surface area contributed by atoms with Crippen LogP contribution in [0.2, 0.25) is 0 Å². The molecule has 56 valence electrons. The van der Waals surface area contributed by atoms with Gasteiger partial charge in [0.15, 0.2) is 0 Å². The molecule has 0 radical (unpaired) electrons. The highest BCUT2D eigenvalue weighted by atomic mass is 32.1. The van der Waals surface area contributed by atoms with E-state index in [1.807, 2.05) is 6.92 Å². The van der Waals surface area contributed by atoms with Crippen LogP contribution in [-0.2, 0) is 0 Å². The van der Waals surface area contributed by atoms with E-state index in [0.717, 1.165) is 11.7 Å². The van der Waals surface area contributed by atoms with E-state index in [1.165, 1.54) is 11.3 Å². The van der Waals surface area contributed by atoms with Crippen LogP contribution in [0.5, 0.6) is 5.19 Å². The molecule has 1 aromatic rings. The van der Waals surface area contributed by atoms with Gasteiger partial charge in [-0.2, -0.15) is 0 Å². The van der Waals surface area contributed by atoms with Crippen LogP contribution in [0.1, 0.15) is 6.92 Å². The number of methoxy groups -OCH3 is 1. The topological polar surface area (TPSA) is 47.0 Å². The summed E-state index contributed by atoms with van der Waals surface area (Å²) in [6, 6.07) is 0. The van der Waals surface area contributed by atoms with Crippen LogP contribution in [0.25, 0.3) is 0 Å². The van der Waals surface area contributed by atoms with Crippen LogP contribution in [-0.4, -0.2) is 23.9 Å². The molecule has 0 amide bonds. The van der Waals surface area contributed by atoms with E-state index in [1.54, 1.807) is 7.11 Å². The van der Waals surface area contributed by atoms with Gasteiger partial charge in [-0.15, -0.1) is 5.10 Å². The summed E-state index contributed by atoms with van der Waals surface area (Å²) in [5.74, 6) is 0. The summed E-state index contributed by atoms with van der Waals surface area (Å²) in [6.07, 6.45) is 0. The lowest BCUT2D eigenvalue weighted by Gasteiger charge is -1.90. The Morgan fingerprint density at radius 2 is 2.40 bits per heavy atom. The summed E-state index contributed by atoms with van der Waals surface area (Å²) < 4.78 is 4.85. The van der Waals surface area contributed by atoms with Crippen molar-refractivity contribution in [2.24, 2.45) is 0 Å². The van der Waals surface area contributed by atoms with Crippen molar-refractivity contribution in [2.45, 2.75) is 6.92 Å². The minimum atomic E-state index is 0.593. The second-order valence-corrected chi connectivity index (χ2v) is 2.55. The van der Waals surface area contributed by atoms with E-state index in [9.17, 15) is 0 Å². The maximum Gasteiger partial charge on any atom is 0.295 e. The van der Waals surface area contributed by atoms with E-state index < -0.39 is 0 Å². The van der Waals surface area contributed by atoms with Crippen molar-refractivity contribution in [2.75, 3.05) is 19.0 Å². The van der Waals surface area contributed by atoms with Gasteiger partial charge in [-0.1, -0.05) is 5.10 Å². The Kier molecular flexibility index (Phi) is 2.44. The van der Waals surface area contributed by atoms with Gasteiger partial charge in [0.1, 0.15) is 0 Å². The predicted molar refractivity (Wildman–Crippen MR) is 40.6 cm³/mol. The van der Waals surface area contributed by atoms with Crippen LogP contribution in [0.4, 0.5) is 5.13 Å². The summed E-state index contributed by atoms with van der Waals surface area (Å²) >= 11 is 1.40. The molecule has 0 aromatic carbocycles. The van der Waals surface area contributed by atoms with E-state index in [-0.39, 0.29) is 0 Å². The summed E-state index contributed by atoms with van der Waals surface area (Å²) in [4.78, 5) is 0. The van der Waals surface area contributed by atoms with Gasteiger partial charge < -0.3 is 10.1 Å². The Labute approximate surface area is 63.2 Å². The number of rotatable bonds is 3. The molecule has 0 spiro atoms. The Morgan fingerprint density at radius 3 is 2.90 bits per heavy atom. The van der Waals surface area contributed by atoms with Crippen molar-refractivity contribution in [3.05, 3.63) is 0 Å². The van der Waals surface area contributed by atoms with Crippen LogP contribution < -0.4 is 10.1 Å². The second-order valence-electron chi connectivity index (χ2n) is 1.61. The zero-order valence-corrected chi connectivity index (χ0v) is 6.73. The molecule has 0 atom stereocenters. The van der Waals surface area contributed by atoms with E-state index >= 15 is 0 Å². The number of anilines is 1. The fraction of sp³-hybridized carbons (Fsp3) is 0.600. The van der Waals surface area contributed by atoms with Crippen molar-refractivity contribution in [1.82, 2.24) is 10.2 Å². The third-order valence-corrected chi connectivity index (χ3v) is 1.75. The summed E-state index contributed by atoms with van der Waals surface area (Å²) in [7, 11) is 1.58. The van der Waals surface area contributed by atoms with Gasteiger partial charge in [-0.05, 0) is 18.3 Å². The number of hydrogen-bond acceptors (Lipinski definition) is 5. The summed E-state index contributed by atoms with van der Waals surface area (Å²) in [5.41, 5.74) is 0. The zero-order chi connectivity index (χ0) is 7.40. The van der Waals surface area contributed by atoms with Crippen molar-refractivity contribution in [1.29, 1.82) is 0 Å². The number of nitrogens with zero attached hydrogens (tertiary/aromatic N) is 2. The van der Waals surface area contributed by atoms with Gasteiger partial charge in [0.05, 0.1) is 7.11 Å². The highest BCUT2D eigenvalue weighted by Gasteiger charge is 1.99. The van der Waals surface area contributed by atoms with Gasteiger partial charge in [0.25, 0.3) is 5.19 Å². The molecule has 0 aliphatic heterocycles. The third-order valence-electron chi connectivity index (χ3n) is 0.909. The molecular weight excluding hydrogens is 150 g/mol. The van der Waals surface area contributed by atoms with Gasteiger partial charge in [0, 0.05) is 6.54 Å². The first kappa shape index (κ1) is 7.27. The zero-order valence-electron chi connectivity index (χ0n) is 5.92. The minimum Gasteiger partial charge on any atom is -0.472 e. The first-order chi connectivity index (χ1) is 4.86. The van der Waals surface area contributed by atoms with Crippen LogP contribution in [0, 0.1) is 0 Å². The molecule has 5 heteroatoms. The first-order valence-corrected chi connectivity index (χ1v) is 3.79. The number of ether oxygens (including phenoxy) is 1. The lowest BCUT2D eigenvalue weighted by atomic mass is 10.8. The normalized spacial score (nSPS) is 9.40. The van der Waals surface area contributed by atoms with Crippen molar-refractivity contribution >= 4 is 16.5 Å². The maximum atomic E-state index is 4.85.